The van der Waals surface area contributed by atoms with Gasteiger partial charge in [0.25, 0.3) is 5.91 Å². The first kappa shape index (κ1) is 19.1. The van der Waals surface area contributed by atoms with E-state index in [4.69, 9.17) is 9.26 Å². The Bertz CT molecular complexity index is 794. The van der Waals surface area contributed by atoms with Crippen LogP contribution < -0.4 is 5.32 Å². The Balaban J connectivity index is 1.54. The van der Waals surface area contributed by atoms with Crippen molar-refractivity contribution in [2.45, 2.75) is 33.2 Å². The number of aromatic nitrogens is 1. The molecule has 3 rings (SSSR count). The number of carbonyl (C=O) groups is 2. The van der Waals surface area contributed by atoms with Crippen molar-refractivity contribution in [3.8, 4) is 0 Å². The molecule has 0 spiro atoms. The average Bonchev–Trinajstić information content (AvgIpc) is 3.09. The minimum atomic E-state index is -0.292. The maximum absolute atomic E-state index is 12.2. The Kier molecular flexibility index (Phi) is 6.24. The van der Waals surface area contributed by atoms with Gasteiger partial charge in [-0.05, 0) is 57.5 Å². The molecule has 7 nitrogen and oxygen atoms in total. The van der Waals surface area contributed by atoms with E-state index >= 15 is 0 Å². The van der Waals surface area contributed by atoms with Crippen LogP contribution in [0.5, 0.6) is 0 Å². The topological polar surface area (TPSA) is 84.7 Å². The van der Waals surface area contributed by atoms with Crippen LogP contribution in [0.2, 0.25) is 0 Å². The third kappa shape index (κ3) is 5.17. The molecule has 1 aliphatic rings. The van der Waals surface area contributed by atoms with Crippen molar-refractivity contribution in [3.05, 3.63) is 47.3 Å². The number of esters is 1. The summed E-state index contributed by atoms with van der Waals surface area (Å²) in [5.74, 6) is 0.238. The molecular weight excluding hydrogens is 346 g/mol. The third-order valence-corrected chi connectivity index (χ3v) is 4.66. The molecule has 0 unspecified atom stereocenters. The first-order valence-corrected chi connectivity index (χ1v) is 9.27. The van der Waals surface area contributed by atoms with Crippen molar-refractivity contribution in [2.75, 3.05) is 25.0 Å². The lowest BCUT2D eigenvalue weighted by atomic mass is 9.96. The Hall–Kier alpha value is -2.67. The van der Waals surface area contributed by atoms with Crippen LogP contribution in [-0.2, 0) is 16.1 Å². The van der Waals surface area contributed by atoms with Gasteiger partial charge in [-0.3, -0.25) is 14.5 Å². The molecule has 1 aliphatic heterocycles. The van der Waals surface area contributed by atoms with Crippen LogP contribution in [0.25, 0.3) is 0 Å². The smallest absolute Gasteiger partial charge is 0.309 e. The van der Waals surface area contributed by atoms with Crippen molar-refractivity contribution < 1.29 is 18.8 Å². The Labute approximate surface area is 158 Å². The number of nitrogens with zero attached hydrogens (tertiary/aromatic N) is 2. The summed E-state index contributed by atoms with van der Waals surface area (Å²) in [5, 5.41) is 6.57. The predicted molar refractivity (Wildman–Crippen MR) is 100 cm³/mol. The van der Waals surface area contributed by atoms with E-state index in [0.717, 1.165) is 43.7 Å². The Morgan fingerprint density at radius 3 is 2.74 bits per heavy atom. The number of hydrogen-bond acceptors (Lipinski definition) is 6. The van der Waals surface area contributed by atoms with E-state index in [1.54, 1.807) is 13.0 Å². The summed E-state index contributed by atoms with van der Waals surface area (Å²) in [6.07, 6.45) is 1.64. The number of ether oxygens (including phenoxy) is 1. The molecule has 2 aromatic rings. The summed E-state index contributed by atoms with van der Waals surface area (Å²) in [5.41, 5.74) is 2.09. The summed E-state index contributed by atoms with van der Waals surface area (Å²) in [7, 11) is 0. The van der Waals surface area contributed by atoms with Gasteiger partial charge in [-0.15, -0.1) is 0 Å². The molecule has 0 saturated carbocycles. The number of likely N-dealkylation sites (tertiary alicyclic amines) is 1. The zero-order valence-electron chi connectivity index (χ0n) is 15.7. The molecular formula is C20H25N3O4. The third-order valence-electron chi connectivity index (χ3n) is 4.66. The van der Waals surface area contributed by atoms with Crippen molar-refractivity contribution in [1.29, 1.82) is 0 Å². The van der Waals surface area contributed by atoms with Crippen LogP contribution in [0.1, 0.15) is 41.6 Å². The highest BCUT2D eigenvalue weighted by atomic mass is 16.5. The molecule has 27 heavy (non-hydrogen) atoms. The van der Waals surface area contributed by atoms with Gasteiger partial charge >= 0.3 is 5.97 Å². The standard InChI is InChI=1S/C20H25N3O4/c1-3-26-20(25)16-7-9-23(10-8-16)13-15-5-4-6-17(12-15)21-19(24)18-11-14(2)27-22-18/h4-6,11-12,16H,3,7-10,13H2,1-2H3,(H,21,24). The number of carbonyl (C=O) groups excluding carboxylic acids is 2. The second kappa shape index (κ2) is 8.81. The van der Waals surface area contributed by atoms with Crippen LogP contribution in [0.15, 0.2) is 34.9 Å². The van der Waals surface area contributed by atoms with E-state index in [9.17, 15) is 9.59 Å². The lowest BCUT2D eigenvalue weighted by Crippen LogP contribution is -2.36. The van der Waals surface area contributed by atoms with E-state index < -0.39 is 0 Å². The summed E-state index contributed by atoms with van der Waals surface area (Å²) in [6.45, 7) is 6.52. The number of benzene rings is 1. The molecule has 1 aromatic heterocycles. The molecule has 1 fully saturated rings. The van der Waals surface area contributed by atoms with Gasteiger partial charge in [0.1, 0.15) is 5.76 Å². The molecule has 1 N–H and O–H groups in total. The Morgan fingerprint density at radius 2 is 2.07 bits per heavy atom. The molecule has 7 heteroatoms. The fraction of sp³-hybridized carbons (Fsp3) is 0.450. The quantitative estimate of drug-likeness (QED) is 0.786. The number of aryl methyl sites for hydroxylation is 1. The van der Waals surface area contributed by atoms with Gasteiger partial charge in [0.15, 0.2) is 5.69 Å². The number of hydrogen-bond donors (Lipinski definition) is 1. The molecule has 0 bridgehead atoms. The molecule has 1 saturated heterocycles. The lowest BCUT2D eigenvalue weighted by molar-refractivity contribution is -0.149. The summed E-state index contributed by atoms with van der Waals surface area (Å²) in [4.78, 5) is 26.3. The van der Waals surface area contributed by atoms with Crippen LogP contribution in [-0.4, -0.2) is 41.6 Å². The van der Waals surface area contributed by atoms with Gasteiger partial charge in [0.2, 0.25) is 0 Å². The maximum Gasteiger partial charge on any atom is 0.309 e. The molecule has 0 aliphatic carbocycles. The zero-order chi connectivity index (χ0) is 19.2. The zero-order valence-corrected chi connectivity index (χ0v) is 15.7. The van der Waals surface area contributed by atoms with E-state index in [0.29, 0.717) is 12.4 Å². The minimum Gasteiger partial charge on any atom is -0.466 e. The fourth-order valence-electron chi connectivity index (χ4n) is 3.26. The number of nitrogens with one attached hydrogen (secondary N) is 1. The lowest BCUT2D eigenvalue weighted by Gasteiger charge is -2.30. The van der Waals surface area contributed by atoms with Gasteiger partial charge in [-0.2, -0.15) is 0 Å². The van der Waals surface area contributed by atoms with Crippen molar-refractivity contribution in [1.82, 2.24) is 10.1 Å². The van der Waals surface area contributed by atoms with Crippen LogP contribution in [0.4, 0.5) is 5.69 Å². The Morgan fingerprint density at radius 1 is 1.30 bits per heavy atom. The number of rotatable bonds is 6. The minimum absolute atomic E-state index is 0.0118. The van der Waals surface area contributed by atoms with Crippen LogP contribution in [0, 0.1) is 12.8 Å². The number of piperidine rings is 1. The molecule has 1 amide bonds. The predicted octanol–water partition coefficient (Wildman–Crippen LogP) is 3.01. The molecule has 0 atom stereocenters. The highest BCUT2D eigenvalue weighted by Gasteiger charge is 2.25. The summed E-state index contributed by atoms with van der Waals surface area (Å²) in [6, 6.07) is 9.37. The normalized spacial score (nSPS) is 15.5. The molecule has 2 heterocycles. The maximum atomic E-state index is 12.2. The van der Waals surface area contributed by atoms with E-state index in [-0.39, 0.29) is 23.5 Å². The number of amides is 1. The highest BCUT2D eigenvalue weighted by Crippen LogP contribution is 2.21. The van der Waals surface area contributed by atoms with Crippen molar-refractivity contribution in [3.63, 3.8) is 0 Å². The van der Waals surface area contributed by atoms with Crippen molar-refractivity contribution in [2.24, 2.45) is 5.92 Å². The van der Waals surface area contributed by atoms with Crippen LogP contribution in [0.3, 0.4) is 0 Å². The van der Waals surface area contributed by atoms with Gasteiger partial charge < -0.3 is 14.6 Å². The van der Waals surface area contributed by atoms with Crippen LogP contribution >= 0.6 is 0 Å². The highest BCUT2D eigenvalue weighted by molar-refractivity contribution is 6.02. The summed E-state index contributed by atoms with van der Waals surface area (Å²) < 4.78 is 10.1. The second-order valence-corrected chi connectivity index (χ2v) is 6.78. The van der Waals surface area contributed by atoms with E-state index in [1.165, 1.54) is 0 Å². The fourth-order valence-corrected chi connectivity index (χ4v) is 3.26. The van der Waals surface area contributed by atoms with Gasteiger partial charge in [0, 0.05) is 18.3 Å². The molecule has 1 aromatic carbocycles. The second-order valence-electron chi connectivity index (χ2n) is 6.78. The van der Waals surface area contributed by atoms with Gasteiger partial charge in [-0.1, -0.05) is 17.3 Å². The SMILES string of the molecule is CCOC(=O)C1CCN(Cc2cccc(NC(=O)c3cc(C)on3)c2)CC1. The average molecular weight is 371 g/mol. The first-order valence-electron chi connectivity index (χ1n) is 9.27. The van der Waals surface area contributed by atoms with Gasteiger partial charge in [-0.25, -0.2) is 0 Å². The molecule has 144 valence electrons. The largest absolute Gasteiger partial charge is 0.466 e. The first-order chi connectivity index (χ1) is 13.0. The molecule has 0 radical (unpaired) electrons. The monoisotopic (exact) mass is 371 g/mol. The summed E-state index contributed by atoms with van der Waals surface area (Å²) >= 11 is 0. The van der Waals surface area contributed by atoms with E-state index in [2.05, 4.69) is 15.4 Å². The van der Waals surface area contributed by atoms with E-state index in [1.807, 2.05) is 31.2 Å². The van der Waals surface area contributed by atoms with Gasteiger partial charge in [0.05, 0.1) is 12.5 Å². The van der Waals surface area contributed by atoms with Crippen molar-refractivity contribution >= 4 is 17.6 Å². The number of anilines is 1.